The minimum absolute atomic E-state index is 0.0801. The maximum atomic E-state index is 12.7. The highest BCUT2D eigenvalue weighted by Crippen LogP contribution is 2.52. The summed E-state index contributed by atoms with van der Waals surface area (Å²) in [5.41, 5.74) is 6.24. The van der Waals surface area contributed by atoms with E-state index < -0.39 is 67.7 Å². The highest BCUT2D eigenvalue weighted by atomic mass is 32.2. The van der Waals surface area contributed by atoms with Crippen molar-refractivity contribution in [2.24, 2.45) is 0 Å². The fourth-order valence-electron chi connectivity index (χ4n) is 9.06. The van der Waals surface area contributed by atoms with Crippen LogP contribution in [0.15, 0.2) is 93.9 Å². The van der Waals surface area contributed by atoms with E-state index in [1.807, 2.05) is 37.8 Å². The Hall–Kier alpha value is -4.01. The third-order valence-corrected chi connectivity index (χ3v) is 15.0. The molecule has 1 aliphatic carbocycles. The first-order valence-corrected chi connectivity index (χ1v) is 25.4. The number of benzene rings is 3. The van der Waals surface area contributed by atoms with Gasteiger partial charge in [0.1, 0.15) is 26.8 Å². The Morgan fingerprint density at radius 1 is 0.817 bits per heavy atom. The Bertz CT molecular complexity index is 2890. The van der Waals surface area contributed by atoms with Gasteiger partial charge in [0.25, 0.3) is 0 Å². The summed E-state index contributed by atoms with van der Waals surface area (Å²) < 4.78 is 144. The molecule has 18 heteroatoms. The first-order valence-electron chi connectivity index (χ1n) is 19.4. The predicted molar refractivity (Wildman–Crippen MR) is 225 cm³/mol. The SMILES string of the molecule is Cc1ccc2c(c1)C1(C)CC\C(=C/C=C(/C=C/C=C3\N(CCCCS(=O)(=O)[O-])c4ccc5cc(S(=O)(=O)[O-])cc(C)c5c4C3(C)C)S(=O)(=O)[O-])C1=[N+]2CCCCS(=O)(=O)[O-]. The lowest BCUT2D eigenvalue weighted by Crippen LogP contribution is -2.28. The van der Waals surface area contributed by atoms with E-state index in [0.29, 0.717) is 59.9 Å². The van der Waals surface area contributed by atoms with Crippen LogP contribution >= 0.6 is 0 Å². The van der Waals surface area contributed by atoms with E-state index >= 15 is 0 Å². The lowest BCUT2D eigenvalue weighted by molar-refractivity contribution is -0.438. The molecule has 0 aromatic heterocycles. The van der Waals surface area contributed by atoms with Gasteiger partial charge in [-0.15, -0.1) is 0 Å². The summed E-state index contributed by atoms with van der Waals surface area (Å²) in [4.78, 5) is 1.04. The molecular weight excluding hydrogens is 853 g/mol. The Kier molecular flexibility index (Phi) is 12.4. The molecule has 3 aliphatic rings. The van der Waals surface area contributed by atoms with Gasteiger partial charge in [0.2, 0.25) is 5.69 Å². The lowest BCUT2D eigenvalue weighted by Gasteiger charge is -2.27. The van der Waals surface area contributed by atoms with Crippen LogP contribution in [0.3, 0.4) is 0 Å². The summed E-state index contributed by atoms with van der Waals surface area (Å²) >= 11 is 0. The first kappa shape index (κ1) is 45.5. The first-order chi connectivity index (χ1) is 27.7. The topological polar surface area (TPSA) is 235 Å². The molecule has 2 heterocycles. The number of hydrogen-bond donors (Lipinski definition) is 0. The zero-order valence-corrected chi connectivity index (χ0v) is 37.2. The molecule has 3 aromatic carbocycles. The normalized spacial score (nSPS) is 20.9. The van der Waals surface area contributed by atoms with Gasteiger partial charge in [-0.05, 0) is 117 Å². The van der Waals surface area contributed by atoms with Crippen molar-refractivity contribution in [1.29, 1.82) is 0 Å². The summed E-state index contributed by atoms with van der Waals surface area (Å²) in [6.07, 6.45) is 9.48. The molecule has 1 atom stereocenters. The molecule has 324 valence electrons. The van der Waals surface area contributed by atoms with E-state index in [2.05, 4.69) is 17.6 Å². The van der Waals surface area contributed by atoms with Crippen molar-refractivity contribution in [3.05, 3.63) is 111 Å². The Morgan fingerprint density at radius 3 is 2.12 bits per heavy atom. The molecule has 0 spiro atoms. The van der Waals surface area contributed by atoms with Crippen LogP contribution in [0, 0.1) is 13.8 Å². The van der Waals surface area contributed by atoms with Crippen molar-refractivity contribution in [3.63, 3.8) is 0 Å². The van der Waals surface area contributed by atoms with Gasteiger partial charge in [0.05, 0.1) is 35.5 Å². The summed E-state index contributed by atoms with van der Waals surface area (Å²) in [5, 5.41) is 1.21. The highest BCUT2D eigenvalue weighted by Gasteiger charge is 2.53. The van der Waals surface area contributed by atoms with Gasteiger partial charge in [-0.2, -0.15) is 4.58 Å². The number of anilines is 1. The molecule has 1 fully saturated rings. The number of allylic oxidation sites excluding steroid dienone is 7. The molecule has 14 nitrogen and oxygen atoms in total. The van der Waals surface area contributed by atoms with E-state index in [1.165, 1.54) is 30.4 Å². The van der Waals surface area contributed by atoms with Crippen LogP contribution in [0.1, 0.15) is 81.5 Å². The van der Waals surface area contributed by atoms with Crippen LogP contribution in [0.5, 0.6) is 0 Å². The second kappa shape index (κ2) is 16.4. The molecule has 6 rings (SSSR count). The molecule has 0 saturated heterocycles. The maximum absolute atomic E-state index is 12.7. The van der Waals surface area contributed by atoms with E-state index in [-0.39, 0.29) is 24.3 Å². The number of rotatable bonds is 15. The summed E-state index contributed by atoms with van der Waals surface area (Å²) in [5.74, 6) is -1.04. The molecule has 1 saturated carbocycles. The molecule has 2 aliphatic heterocycles. The predicted octanol–water partition coefficient (Wildman–Crippen LogP) is 5.76. The Labute approximate surface area is 352 Å². The number of nitrogens with zero attached hydrogens (tertiary/aromatic N) is 2. The number of unbranched alkanes of at least 4 members (excludes halogenated alkanes) is 2. The molecule has 0 bridgehead atoms. The number of hydrogen-bond acceptors (Lipinski definition) is 13. The van der Waals surface area contributed by atoms with E-state index in [4.69, 9.17) is 0 Å². The molecule has 0 N–H and O–H groups in total. The van der Waals surface area contributed by atoms with Crippen molar-refractivity contribution in [2.75, 3.05) is 29.5 Å². The third-order valence-electron chi connectivity index (χ3n) is 11.7. The fourth-order valence-corrected chi connectivity index (χ4v) is 11.2. The Morgan fingerprint density at radius 2 is 1.48 bits per heavy atom. The van der Waals surface area contributed by atoms with Crippen LogP contribution in [0.4, 0.5) is 11.4 Å². The number of fused-ring (bicyclic) bond motifs is 6. The van der Waals surface area contributed by atoms with Crippen molar-refractivity contribution in [2.45, 2.75) is 88.9 Å². The zero-order chi connectivity index (χ0) is 44.2. The third kappa shape index (κ3) is 9.40. The molecular formula is C42H47N2O12S4-3. The van der Waals surface area contributed by atoms with Gasteiger partial charge >= 0.3 is 0 Å². The quantitative estimate of drug-likeness (QED) is 0.0765. The summed E-state index contributed by atoms with van der Waals surface area (Å²) in [7, 11) is -18.6. The number of aryl methyl sites for hydroxylation is 2. The Balaban J connectivity index is 1.40. The van der Waals surface area contributed by atoms with Crippen LogP contribution in [0.2, 0.25) is 0 Å². The van der Waals surface area contributed by atoms with Gasteiger partial charge in [-0.1, -0.05) is 43.7 Å². The molecule has 60 heavy (non-hydrogen) atoms. The van der Waals surface area contributed by atoms with Crippen molar-refractivity contribution >= 4 is 68.3 Å². The standard InChI is InChI=1S/C42H50N2O12S4/c1-28-13-17-35-34(25-28)42(5)20-19-30(40(42)44(35)22-7-9-24-58(48,49)50)14-16-32(59(51,52)53)11-10-12-37-41(3,4)39-36(43(37)21-6-8-23-57(45,46)47)18-15-31-27-33(60(54,55)56)26-29(2)38(31)39/h10-18,25-27H,6-9,19-24H2,1-5H3,(H3-,45,46,47,48,49,50,51,52,53,54,55,56)/p-3. The molecule has 1 unspecified atom stereocenters. The molecule has 0 amide bonds. The summed E-state index contributed by atoms with van der Waals surface area (Å²) in [6.45, 7) is 10.3. The minimum Gasteiger partial charge on any atom is -0.748 e. The second-order valence-electron chi connectivity index (χ2n) is 16.4. The van der Waals surface area contributed by atoms with Crippen LogP contribution in [-0.4, -0.2) is 86.8 Å². The van der Waals surface area contributed by atoms with Crippen LogP contribution in [0.25, 0.3) is 10.8 Å². The molecule has 3 aromatic rings. The molecule has 0 radical (unpaired) electrons. The van der Waals surface area contributed by atoms with Gasteiger partial charge in [0, 0.05) is 58.5 Å². The average molecular weight is 900 g/mol. The minimum atomic E-state index is -5.01. The average Bonchev–Trinajstić information content (AvgIpc) is 3.65. The van der Waals surface area contributed by atoms with Gasteiger partial charge in [-0.3, -0.25) is 0 Å². The van der Waals surface area contributed by atoms with Gasteiger partial charge in [-0.25, -0.2) is 33.7 Å². The van der Waals surface area contributed by atoms with Gasteiger partial charge in [0.15, 0.2) is 5.71 Å². The maximum Gasteiger partial charge on any atom is 0.209 e. The summed E-state index contributed by atoms with van der Waals surface area (Å²) in [6, 6.07) is 12.2. The zero-order valence-electron chi connectivity index (χ0n) is 33.9. The van der Waals surface area contributed by atoms with Crippen molar-refractivity contribution < 1.29 is 56.5 Å². The second-order valence-corrected chi connectivity index (χ2v) is 22.3. The van der Waals surface area contributed by atoms with Crippen molar-refractivity contribution in [3.8, 4) is 0 Å². The smallest absolute Gasteiger partial charge is 0.209 e. The van der Waals surface area contributed by atoms with E-state index in [0.717, 1.165) is 33.7 Å². The monoisotopic (exact) mass is 899 g/mol. The van der Waals surface area contributed by atoms with Gasteiger partial charge < -0.3 is 23.1 Å². The largest absolute Gasteiger partial charge is 0.748 e. The van der Waals surface area contributed by atoms with E-state index in [9.17, 15) is 51.9 Å². The lowest BCUT2D eigenvalue weighted by atomic mass is 9.80. The van der Waals surface area contributed by atoms with Crippen molar-refractivity contribution in [1.82, 2.24) is 0 Å². The van der Waals surface area contributed by atoms with E-state index in [1.54, 1.807) is 31.2 Å². The van der Waals surface area contributed by atoms with Crippen LogP contribution < -0.4 is 4.90 Å². The van der Waals surface area contributed by atoms with Crippen LogP contribution in [-0.2, 0) is 51.3 Å². The highest BCUT2D eigenvalue weighted by molar-refractivity contribution is 7.90. The fraction of sp³-hybridized carbons (Fsp3) is 0.405.